The van der Waals surface area contributed by atoms with Gasteiger partial charge in [-0.25, -0.2) is 9.78 Å². The predicted octanol–water partition coefficient (Wildman–Crippen LogP) is 4.95. The lowest BCUT2D eigenvalue weighted by Gasteiger charge is -2.07. The molecule has 0 spiro atoms. The number of hydrogen-bond donors (Lipinski definition) is 1. The second-order valence-electron chi connectivity index (χ2n) is 6.47. The Kier molecular flexibility index (Phi) is 5.66. The van der Waals surface area contributed by atoms with Crippen molar-refractivity contribution in [1.29, 1.82) is 0 Å². The van der Waals surface area contributed by atoms with Crippen molar-refractivity contribution in [2.45, 2.75) is 6.61 Å². The first kappa shape index (κ1) is 19.1. The molecule has 0 atom stereocenters. The fraction of sp³-hybridized carbons (Fsp3) is 0.0417. The van der Waals surface area contributed by atoms with Crippen LogP contribution in [-0.2, 0) is 11.3 Å². The molecule has 1 amide bonds. The van der Waals surface area contributed by atoms with Gasteiger partial charge in [0.15, 0.2) is 12.4 Å². The highest BCUT2D eigenvalue weighted by molar-refractivity contribution is 6.04. The zero-order chi connectivity index (χ0) is 20.8. The quantitative estimate of drug-likeness (QED) is 0.465. The van der Waals surface area contributed by atoms with Crippen LogP contribution >= 0.6 is 0 Å². The van der Waals surface area contributed by atoms with E-state index in [1.807, 2.05) is 36.4 Å². The molecule has 0 unspecified atom stereocenters. The largest absolute Gasteiger partial charge is 0.454 e. The summed E-state index contributed by atoms with van der Waals surface area (Å²) < 4.78 is 11.0. The molecular weight excluding hydrogens is 380 g/mol. The highest BCUT2D eigenvalue weighted by Crippen LogP contribution is 2.19. The summed E-state index contributed by atoms with van der Waals surface area (Å²) in [6.07, 6.45) is 1.53. The molecule has 30 heavy (non-hydrogen) atoms. The third kappa shape index (κ3) is 4.62. The van der Waals surface area contributed by atoms with E-state index >= 15 is 0 Å². The van der Waals surface area contributed by atoms with Crippen molar-refractivity contribution < 1.29 is 18.7 Å². The summed E-state index contributed by atoms with van der Waals surface area (Å²) in [6.45, 7) is -0.0424. The molecule has 148 valence electrons. The van der Waals surface area contributed by atoms with Crippen LogP contribution in [-0.4, -0.2) is 16.9 Å². The minimum Gasteiger partial charge on any atom is -0.454 e. The molecule has 1 N–H and O–H groups in total. The Bertz CT molecular complexity index is 1150. The van der Waals surface area contributed by atoms with E-state index in [4.69, 9.17) is 9.15 Å². The summed E-state index contributed by atoms with van der Waals surface area (Å²) in [5.41, 5.74) is 2.20. The lowest BCUT2D eigenvalue weighted by molar-refractivity contribution is 0.0446. The molecule has 0 aliphatic heterocycles. The van der Waals surface area contributed by atoms with Crippen LogP contribution in [0.4, 0.5) is 5.69 Å². The summed E-state index contributed by atoms with van der Waals surface area (Å²) in [6, 6.07) is 24.9. The molecule has 0 saturated heterocycles. The van der Waals surface area contributed by atoms with Gasteiger partial charge in [-0.2, -0.15) is 0 Å². The molecule has 0 bridgehead atoms. The van der Waals surface area contributed by atoms with Crippen LogP contribution in [0.1, 0.15) is 26.5 Å². The first-order valence-corrected chi connectivity index (χ1v) is 9.33. The van der Waals surface area contributed by atoms with E-state index in [1.54, 1.807) is 48.5 Å². The second-order valence-corrected chi connectivity index (χ2v) is 6.47. The number of carbonyl (C=O) groups is 2. The van der Waals surface area contributed by atoms with Crippen LogP contribution < -0.4 is 5.32 Å². The fourth-order valence-corrected chi connectivity index (χ4v) is 2.83. The Labute approximate surface area is 173 Å². The van der Waals surface area contributed by atoms with Crippen molar-refractivity contribution in [2.24, 2.45) is 0 Å². The molecule has 0 aliphatic carbocycles. The summed E-state index contributed by atoms with van der Waals surface area (Å²) in [7, 11) is 0. The van der Waals surface area contributed by atoms with E-state index in [0.717, 1.165) is 5.56 Å². The number of anilines is 1. The standard InChI is InChI=1S/C24H18N2O4/c27-22(17-8-3-1-4-9-17)26-20-13-7-12-19(14-20)24(28)29-16-21-15-25-23(30-21)18-10-5-2-6-11-18/h1-15H,16H2,(H,26,27). The molecule has 1 aromatic heterocycles. The summed E-state index contributed by atoms with van der Waals surface area (Å²) in [5.74, 6) is 0.127. The van der Waals surface area contributed by atoms with Gasteiger partial charge >= 0.3 is 5.97 Å². The maximum atomic E-state index is 12.4. The molecule has 6 nitrogen and oxygen atoms in total. The zero-order valence-corrected chi connectivity index (χ0v) is 15.9. The van der Waals surface area contributed by atoms with Crippen LogP contribution in [0.25, 0.3) is 11.5 Å². The van der Waals surface area contributed by atoms with Crippen molar-refractivity contribution in [2.75, 3.05) is 5.32 Å². The number of ether oxygens (including phenoxy) is 1. The highest BCUT2D eigenvalue weighted by atomic mass is 16.5. The number of hydrogen-bond acceptors (Lipinski definition) is 5. The van der Waals surface area contributed by atoms with Crippen LogP contribution in [0.2, 0.25) is 0 Å². The van der Waals surface area contributed by atoms with Crippen molar-refractivity contribution in [3.05, 3.63) is 108 Å². The summed E-state index contributed by atoms with van der Waals surface area (Å²) >= 11 is 0. The van der Waals surface area contributed by atoms with Gasteiger partial charge in [0.1, 0.15) is 0 Å². The van der Waals surface area contributed by atoms with E-state index < -0.39 is 5.97 Å². The molecule has 1 heterocycles. The zero-order valence-electron chi connectivity index (χ0n) is 15.9. The number of aromatic nitrogens is 1. The van der Waals surface area contributed by atoms with E-state index in [9.17, 15) is 9.59 Å². The van der Waals surface area contributed by atoms with Gasteiger partial charge in [-0.15, -0.1) is 0 Å². The van der Waals surface area contributed by atoms with E-state index in [0.29, 0.717) is 28.5 Å². The van der Waals surface area contributed by atoms with Gasteiger partial charge in [0, 0.05) is 16.8 Å². The topological polar surface area (TPSA) is 81.4 Å². The molecule has 4 rings (SSSR count). The van der Waals surface area contributed by atoms with Crippen LogP contribution in [0, 0.1) is 0 Å². The smallest absolute Gasteiger partial charge is 0.338 e. The number of carbonyl (C=O) groups excluding carboxylic acids is 2. The second kappa shape index (κ2) is 8.87. The normalized spacial score (nSPS) is 10.4. The van der Waals surface area contributed by atoms with Gasteiger partial charge in [-0.1, -0.05) is 42.5 Å². The Morgan fingerprint density at radius 1 is 0.867 bits per heavy atom. The van der Waals surface area contributed by atoms with Gasteiger partial charge in [-0.3, -0.25) is 4.79 Å². The molecule has 0 fully saturated rings. The van der Waals surface area contributed by atoms with Crippen molar-refractivity contribution in [3.63, 3.8) is 0 Å². The Hall–Kier alpha value is -4.19. The van der Waals surface area contributed by atoms with Gasteiger partial charge < -0.3 is 14.5 Å². The van der Waals surface area contributed by atoms with Crippen LogP contribution in [0.3, 0.4) is 0 Å². The SMILES string of the molecule is O=C(Nc1cccc(C(=O)OCc2cnc(-c3ccccc3)o2)c1)c1ccccc1. The lowest BCUT2D eigenvalue weighted by Crippen LogP contribution is -2.12. The average molecular weight is 398 g/mol. The van der Waals surface area contributed by atoms with Gasteiger partial charge in [0.05, 0.1) is 11.8 Å². The number of nitrogens with one attached hydrogen (secondary N) is 1. The van der Waals surface area contributed by atoms with Crippen molar-refractivity contribution in [1.82, 2.24) is 4.98 Å². The Balaban J connectivity index is 1.38. The number of amides is 1. The number of esters is 1. The maximum Gasteiger partial charge on any atom is 0.338 e. The van der Waals surface area contributed by atoms with Crippen LogP contribution in [0.5, 0.6) is 0 Å². The molecule has 4 aromatic rings. The fourth-order valence-electron chi connectivity index (χ4n) is 2.83. The van der Waals surface area contributed by atoms with Gasteiger partial charge in [0.2, 0.25) is 5.89 Å². The van der Waals surface area contributed by atoms with Crippen molar-refractivity contribution >= 4 is 17.6 Å². The molecule has 3 aromatic carbocycles. The highest BCUT2D eigenvalue weighted by Gasteiger charge is 2.12. The molecule has 0 aliphatic rings. The lowest BCUT2D eigenvalue weighted by atomic mass is 10.1. The molecule has 0 radical (unpaired) electrons. The van der Waals surface area contributed by atoms with Gasteiger partial charge in [0.25, 0.3) is 5.91 Å². The summed E-state index contributed by atoms with van der Waals surface area (Å²) in [5, 5.41) is 2.77. The minimum atomic E-state index is -0.525. The third-order valence-corrected chi connectivity index (χ3v) is 4.31. The van der Waals surface area contributed by atoms with E-state index in [-0.39, 0.29) is 12.5 Å². The van der Waals surface area contributed by atoms with E-state index in [2.05, 4.69) is 10.3 Å². The Morgan fingerprint density at radius 2 is 1.57 bits per heavy atom. The number of benzene rings is 3. The first-order chi connectivity index (χ1) is 14.7. The number of rotatable bonds is 6. The average Bonchev–Trinajstić information content (AvgIpc) is 3.28. The monoisotopic (exact) mass is 398 g/mol. The molecular formula is C24H18N2O4. The van der Waals surface area contributed by atoms with E-state index in [1.165, 1.54) is 6.20 Å². The number of nitrogens with zero attached hydrogens (tertiary/aromatic N) is 1. The summed E-state index contributed by atoms with van der Waals surface area (Å²) in [4.78, 5) is 28.9. The minimum absolute atomic E-state index is 0.0424. The molecule has 6 heteroatoms. The number of oxazole rings is 1. The van der Waals surface area contributed by atoms with Crippen LogP contribution in [0.15, 0.2) is 95.5 Å². The first-order valence-electron chi connectivity index (χ1n) is 9.33. The third-order valence-electron chi connectivity index (χ3n) is 4.31. The molecule has 0 saturated carbocycles. The predicted molar refractivity (Wildman–Crippen MR) is 112 cm³/mol. The Morgan fingerprint density at radius 3 is 2.33 bits per heavy atom. The van der Waals surface area contributed by atoms with Crippen molar-refractivity contribution in [3.8, 4) is 11.5 Å². The maximum absolute atomic E-state index is 12.4. The van der Waals surface area contributed by atoms with Gasteiger partial charge in [-0.05, 0) is 42.5 Å².